The second-order valence-corrected chi connectivity index (χ2v) is 10.3. The summed E-state index contributed by atoms with van der Waals surface area (Å²) >= 11 is 6.25. The minimum absolute atomic E-state index is 0.00450. The highest BCUT2D eigenvalue weighted by Gasteiger charge is 2.30. The first kappa shape index (κ1) is 24.9. The molecular formula is C23H26ClN3O5S. The van der Waals surface area contributed by atoms with Gasteiger partial charge < -0.3 is 15.0 Å². The Labute approximate surface area is 197 Å². The van der Waals surface area contributed by atoms with E-state index in [4.69, 9.17) is 21.5 Å². The molecule has 2 aromatic carbocycles. The lowest BCUT2D eigenvalue weighted by atomic mass is 10.1. The monoisotopic (exact) mass is 491 g/mol. The number of carbonyl (C=O) groups is 1. The number of hydrogen-bond donors (Lipinski definition) is 2. The Hall–Kier alpha value is -2.72. The van der Waals surface area contributed by atoms with Crippen molar-refractivity contribution < 1.29 is 18.3 Å². The van der Waals surface area contributed by atoms with E-state index in [1.165, 1.54) is 4.31 Å². The second-order valence-electron chi connectivity index (χ2n) is 7.90. The molecule has 0 spiro atoms. The highest BCUT2D eigenvalue weighted by atomic mass is 35.5. The number of aromatic amines is 1. The van der Waals surface area contributed by atoms with Gasteiger partial charge in [0, 0.05) is 34.6 Å². The van der Waals surface area contributed by atoms with Crippen LogP contribution in [0.15, 0.2) is 58.2 Å². The second kappa shape index (κ2) is 10.5. The van der Waals surface area contributed by atoms with E-state index in [1.807, 2.05) is 13.1 Å². The van der Waals surface area contributed by atoms with Crippen LogP contribution in [-0.2, 0) is 14.8 Å². The van der Waals surface area contributed by atoms with Crippen molar-refractivity contribution >= 4 is 38.9 Å². The summed E-state index contributed by atoms with van der Waals surface area (Å²) in [5.74, 6) is 0. The molecule has 1 fully saturated rings. The number of aromatic nitrogens is 1. The number of nitrogens with one attached hydrogen (secondary N) is 1. The van der Waals surface area contributed by atoms with Gasteiger partial charge in [-0.2, -0.15) is 4.31 Å². The predicted molar refractivity (Wildman–Crippen MR) is 129 cm³/mol. The van der Waals surface area contributed by atoms with E-state index in [-0.39, 0.29) is 23.0 Å². The van der Waals surface area contributed by atoms with Crippen LogP contribution in [0.2, 0.25) is 5.02 Å². The van der Waals surface area contributed by atoms with Crippen LogP contribution in [0.25, 0.3) is 22.0 Å². The summed E-state index contributed by atoms with van der Waals surface area (Å²) in [5.41, 5.74) is 1.08. The summed E-state index contributed by atoms with van der Waals surface area (Å²) < 4.78 is 27.6. The van der Waals surface area contributed by atoms with Gasteiger partial charge in [-0.05, 0) is 68.9 Å². The fourth-order valence-corrected chi connectivity index (χ4v) is 5.58. The molecule has 0 atom stereocenters. The average Bonchev–Trinajstić information content (AvgIpc) is 2.80. The zero-order chi connectivity index (χ0) is 24.2. The summed E-state index contributed by atoms with van der Waals surface area (Å²) in [5, 5.41) is 8.57. The van der Waals surface area contributed by atoms with Gasteiger partial charge in [-0.1, -0.05) is 29.8 Å². The molecule has 0 bridgehead atoms. The van der Waals surface area contributed by atoms with Crippen molar-refractivity contribution in [2.24, 2.45) is 0 Å². The van der Waals surface area contributed by atoms with Crippen LogP contribution in [0.1, 0.15) is 12.8 Å². The van der Waals surface area contributed by atoms with E-state index in [1.54, 1.807) is 49.5 Å². The van der Waals surface area contributed by atoms with Gasteiger partial charge in [-0.3, -0.25) is 9.59 Å². The fraction of sp³-hybridized carbons (Fsp3) is 0.304. The van der Waals surface area contributed by atoms with Gasteiger partial charge in [0.25, 0.3) is 12.0 Å². The first-order valence-corrected chi connectivity index (χ1v) is 12.2. The van der Waals surface area contributed by atoms with Crippen molar-refractivity contribution in [3.05, 3.63) is 63.9 Å². The highest BCUT2D eigenvalue weighted by Crippen LogP contribution is 2.27. The molecule has 1 aromatic heterocycles. The number of piperidine rings is 1. The number of H-pyrrole nitrogens is 1. The molecule has 33 heavy (non-hydrogen) atoms. The lowest BCUT2D eigenvalue weighted by molar-refractivity contribution is -0.122. The molecule has 1 saturated heterocycles. The predicted octanol–water partition coefficient (Wildman–Crippen LogP) is 3.26. The maximum absolute atomic E-state index is 13.1. The molecule has 10 heteroatoms. The topological polar surface area (TPSA) is 111 Å². The number of fused-ring (bicyclic) bond motifs is 1. The number of carboxylic acid groups (broad SMARTS) is 1. The molecular weight excluding hydrogens is 466 g/mol. The average molecular weight is 492 g/mol. The summed E-state index contributed by atoms with van der Waals surface area (Å²) in [4.78, 5) is 26.1. The molecule has 0 amide bonds. The SMILES string of the molecule is CN1CCC(N(C)S(=O)(=O)c2ccc(-c3cc4c(Cl)cccc4c(=O)[nH]3)cc2)CC1.O=CO. The van der Waals surface area contributed by atoms with Gasteiger partial charge in [-0.15, -0.1) is 0 Å². The molecule has 0 aliphatic carbocycles. The third-order valence-corrected chi connectivity index (χ3v) is 8.13. The van der Waals surface area contributed by atoms with E-state index in [9.17, 15) is 13.2 Å². The van der Waals surface area contributed by atoms with E-state index >= 15 is 0 Å². The Bertz CT molecular complexity index is 1280. The van der Waals surface area contributed by atoms with Crippen LogP contribution in [-0.4, -0.2) is 67.4 Å². The van der Waals surface area contributed by atoms with Crippen LogP contribution in [0, 0.1) is 0 Å². The normalized spacial score (nSPS) is 15.3. The zero-order valence-corrected chi connectivity index (χ0v) is 19.9. The fourth-order valence-electron chi connectivity index (χ4n) is 3.93. The number of nitrogens with zero attached hydrogens (tertiary/aromatic N) is 2. The van der Waals surface area contributed by atoms with Gasteiger partial charge in [0.1, 0.15) is 0 Å². The molecule has 2 N–H and O–H groups in total. The smallest absolute Gasteiger partial charge is 0.290 e. The van der Waals surface area contributed by atoms with Crippen molar-refractivity contribution in [2.45, 2.75) is 23.8 Å². The summed E-state index contributed by atoms with van der Waals surface area (Å²) in [6.45, 7) is 1.53. The first-order valence-electron chi connectivity index (χ1n) is 10.4. The van der Waals surface area contributed by atoms with Gasteiger partial charge in [0.2, 0.25) is 10.0 Å². The Kier molecular flexibility index (Phi) is 7.91. The number of likely N-dealkylation sites (tertiary alicyclic amines) is 1. The minimum Gasteiger partial charge on any atom is -0.483 e. The van der Waals surface area contributed by atoms with Crippen LogP contribution >= 0.6 is 11.6 Å². The van der Waals surface area contributed by atoms with E-state index in [2.05, 4.69) is 9.88 Å². The third kappa shape index (κ3) is 5.44. The van der Waals surface area contributed by atoms with Gasteiger partial charge in [0.05, 0.1) is 4.90 Å². The number of rotatable bonds is 4. The van der Waals surface area contributed by atoms with Gasteiger partial charge in [-0.25, -0.2) is 8.42 Å². The number of benzene rings is 2. The molecule has 1 aliphatic heterocycles. The van der Waals surface area contributed by atoms with Crippen molar-refractivity contribution in [3.8, 4) is 11.3 Å². The van der Waals surface area contributed by atoms with Crippen LogP contribution in [0.3, 0.4) is 0 Å². The lowest BCUT2D eigenvalue weighted by Gasteiger charge is -2.34. The quantitative estimate of drug-likeness (QED) is 0.542. The molecule has 0 radical (unpaired) electrons. The van der Waals surface area contributed by atoms with E-state index < -0.39 is 10.0 Å². The van der Waals surface area contributed by atoms with Gasteiger partial charge >= 0.3 is 0 Å². The van der Waals surface area contributed by atoms with Gasteiger partial charge in [0.15, 0.2) is 0 Å². The Morgan fingerprint density at radius 1 is 1.12 bits per heavy atom. The largest absolute Gasteiger partial charge is 0.483 e. The van der Waals surface area contributed by atoms with E-state index in [0.29, 0.717) is 21.5 Å². The maximum Gasteiger partial charge on any atom is 0.290 e. The number of pyridine rings is 1. The van der Waals surface area contributed by atoms with Crippen molar-refractivity contribution in [1.82, 2.24) is 14.2 Å². The Balaban J connectivity index is 0.000000968. The molecule has 4 rings (SSSR count). The Morgan fingerprint density at radius 2 is 1.73 bits per heavy atom. The lowest BCUT2D eigenvalue weighted by Crippen LogP contribution is -2.44. The molecule has 2 heterocycles. The molecule has 0 unspecified atom stereocenters. The van der Waals surface area contributed by atoms with Crippen molar-refractivity contribution in [1.29, 1.82) is 0 Å². The van der Waals surface area contributed by atoms with Crippen LogP contribution in [0.4, 0.5) is 0 Å². The zero-order valence-electron chi connectivity index (χ0n) is 18.4. The molecule has 0 saturated carbocycles. The molecule has 176 valence electrons. The van der Waals surface area contributed by atoms with Crippen molar-refractivity contribution in [2.75, 3.05) is 27.2 Å². The number of hydrogen-bond acceptors (Lipinski definition) is 5. The standard InChI is InChI=1S/C22H24ClN3O3S.CH2O2/c1-25-12-10-16(11-13-25)26(2)30(28,29)17-8-6-15(7-9-17)21-14-19-18(22(27)24-21)4-3-5-20(19)23;2-1-3/h3-9,14,16H,10-13H2,1-2H3,(H,24,27);1H,(H,2,3). The van der Waals surface area contributed by atoms with Crippen LogP contribution in [0.5, 0.6) is 0 Å². The first-order chi connectivity index (χ1) is 15.7. The summed E-state index contributed by atoms with van der Waals surface area (Å²) in [6.07, 6.45) is 1.65. The number of sulfonamides is 1. The van der Waals surface area contributed by atoms with Crippen LogP contribution < -0.4 is 5.56 Å². The molecule has 1 aliphatic rings. The summed E-state index contributed by atoms with van der Waals surface area (Å²) in [7, 11) is 0.121. The summed E-state index contributed by atoms with van der Waals surface area (Å²) in [6, 6.07) is 13.6. The number of halogens is 1. The van der Waals surface area contributed by atoms with E-state index in [0.717, 1.165) is 31.5 Å². The minimum atomic E-state index is -3.58. The Morgan fingerprint density at radius 3 is 2.33 bits per heavy atom. The van der Waals surface area contributed by atoms with Crippen molar-refractivity contribution in [3.63, 3.8) is 0 Å². The highest BCUT2D eigenvalue weighted by molar-refractivity contribution is 7.89. The molecule has 8 nitrogen and oxygen atoms in total. The molecule has 3 aromatic rings. The maximum atomic E-state index is 13.1. The third-order valence-electron chi connectivity index (χ3n) is 5.88.